The summed E-state index contributed by atoms with van der Waals surface area (Å²) in [4.78, 5) is 24.5. The molecule has 26 heavy (non-hydrogen) atoms. The number of carbonyl (C=O) groups is 2. The van der Waals surface area contributed by atoms with Gasteiger partial charge in [0.25, 0.3) is 0 Å². The number of rotatable bonds is 3. The number of hydrogen-bond acceptors (Lipinski definition) is 5. The molecule has 0 heterocycles. The standard InChI is InChI=1S/C21H21NO4/c1-21(20(24)26-3)10-8-13(9-11-22)16-6-4-14-12-15(19(23)25-2)5-7-17(14)18(16)21/h4-7,12-13H,8-10H2,1-3H3/t13-,21+/m0/s1. The first-order valence-corrected chi connectivity index (χ1v) is 8.57. The van der Waals surface area contributed by atoms with Crippen molar-refractivity contribution in [2.75, 3.05) is 14.2 Å². The lowest BCUT2D eigenvalue weighted by atomic mass is 9.65. The lowest BCUT2D eigenvalue weighted by Crippen LogP contribution is -2.38. The molecule has 5 heteroatoms. The van der Waals surface area contributed by atoms with Crippen molar-refractivity contribution >= 4 is 22.7 Å². The maximum Gasteiger partial charge on any atom is 0.337 e. The van der Waals surface area contributed by atoms with Gasteiger partial charge in [-0.05, 0) is 59.7 Å². The van der Waals surface area contributed by atoms with Gasteiger partial charge >= 0.3 is 11.9 Å². The third-order valence-electron chi connectivity index (χ3n) is 5.43. The maximum atomic E-state index is 12.6. The van der Waals surface area contributed by atoms with Crippen LogP contribution in [0.25, 0.3) is 10.8 Å². The molecule has 0 bridgehead atoms. The minimum Gasteiger partial charge on any atom is -0.468 e. The first kappa shape index (κ1) is 17.9. The Morgan fingerprint density at radius 3 is 2.65 bits per heavy atom. The van der Waals surface area contributed by atoms with E-state index in [9.17, 15) is 14.9 Å². The highest BCUT2D eigenvalue weighted by atomic mass is 16.5. The van der Waals surface area contributed by atoms with Gasteiger partial charge in [0.05, 0.1) is 31.3 Å². The van der Waals surface area contributed by atoms with E-state index in [-0.39, 0.29) is 11.9 Å². The van der Waals surface area contributed by atoms with Crippen LogP contribution in [0.1, 0.15) is 53.6 Å². The van der Waals surface area contributed by atoms with Crippen LogP contribution >= 0.6 is 0 Å². The highest BCUT2D eigenvalue weighted by molar-refractivity contribution is 5.99. The lowest BCUT2D eigenvalue weighted by molar-refractivity contribution is -0.147. The first-order chi connectivity index (χ1) is 12.5. The third-order valence-corrected chi connectivity index (χ3v) is 5.43. The molecule has 3 rings (SSSR count). The monoisotopic (exact) mass is 351 g/mol. The minimum absolute atomic E-state index is 0.0948. The molecule has 0 fully saturated rings. The summed E-state index contributed by atoms with van der Waals surface area (Å²) in [6.07, 6.45) is 1.80. The van der Waals surface area contributed by atoms with Gasteiger partial charge in [0.15, 0.2) is 0 Å². The van der Waals surface area contributed by atoms with Crippen molar-refractivity contribution in [3.05, 3.63) is 47.0 Å². The smallest absolute Gasteiger partial charge is 0.337 e. The molecule has 5 nitrogen and oxygen atoms in total. The number of nitrogens with zero attached hydrogens (tertiary/aromatic N) is 1. The highest BCUT2D eigenvalue weighted by Crippen LogP contribution is 2.47. The van der Waals surface area contributed by atoms with E-state index in [1.807, 2.05) is 25.1 Å². The Kier molecular flexibility index (Phi) is 4.69. The number of ether oxygens (including phenoxy) is 2. The molecule has 0 radical (unpaired) electrons. The second-order valence-electron chi connectivity index (χ2n) is 6.88. The Bertz CT molecular complexity index is 927. The van der Waals surface area contributed by atoms with Crippen LogP contribution in [-0.4, -0.2) is 26.2 Å². The molecule has 0 unspecified atom stereocenters. The number of carbonyl (C=O) groups excluding carboxylic acids is 2. The zero-order valence-electron chi connectivity index (χ0n) is 15.2. The molecule has 0 aromatic heterocycles. The number of hydrogen-bond donors (Lipinski definition) is 0. The summed E-state index contributed by atoms with van der Waals surface area (Å²) < 4.78 is 9.89. The molecule has 1 aliphatic carbocycles. The third kappa shape index (κ3) is 2.72. The van der Waals surface area contributed by atoms with Crippen LogP contribution in [0.2, 0.25) is 0 Å². The summed E-state index contributed by atoms with van der Waals surface area (Å²) in [7, 11) is 2.75. The highest BCUT2D eigenvalue weighted by Gasteiger charge is 2.43. The van der Waals surface area contributed by atoms with Crippen molar-refractivity contribution in [3.63, 3.8) is 0 Å². The fourth-order valence-corrected chi connectivity index (χ4v) is 4.04. The molecule has 0 N–H and O–H groups in total. The Hall–Kier alpha value is -2.87. The molecule has 2 atom stereocenters. The van der Waals surface area contributed by atoms with Gasteiger partial charge in [-0.15, -0.1) is 0 Å². The van der Waals surface area contributed by atoms with Crippen LogP contribution < -0.4 is 0 Å². The molecule has 0 saturated heterocycles. The van der Waals surface area contributed by atoms with Crippen molar-refractivity contribution in [1.82, 2.24) is 0 Å². The van der Waals surface area contributed by atoms with Crippen molar-refractivity contribution in [2.24, 2.45) is 0 Å². The second-order valence-corrected chi connectivity index (χ2v) is 6.88. The Morgan fingerprint density at radius 2 is 2.00 bits per heavy atom. The van der Waals surface area contributed by atoms with Gasteiger partial charge < -0.3 is 9.47 Å². The van der Waals surface area contributed by atoms with Gasteiger partial charge in [-0.1, -0.05) is 18.2 Å². The number of benzene rings is 2. The summed E-state index contributed by atoms with van der Waals surface area (Å²) in [5.74, 6) is -0.584. The molecular formula is C21H21NO4. The zero-order chi connectivity index (χ0) is 18.9. The average Bonchev–Trinajstić information content (AvgIpc) is 2.68. The molecule has 2 aromatic rings. The molecular weight excluding hydrogens is 330 g/mol. The summed E-state index contributed by atoms with van der Waals surface area (Å²) in [6, 6.07) is 11.5. The maximum absolute atomic E-state index is 12.6. The summed E-state index contributed by atoms with van der Waals surface area (Å²) >= 11 is 0. The van der Waals surface area contributed by atoms with Gasteiger partial charge in [0.1, 0.15) is 0 Å². The van der Waals surface area contributed by atoms with Gasteiger partial charge in [-0.25, -0.2) is 4.79 Å². The summed E-state index contributed by atoms with van der Waals surface area (Å²) in [5, 5.41) is 10.9. The zero-order valence-corrected chi connectivity index (χ0v) is 15.2. The van der Waals surface area contributed by atoms with E-state index in [1.54, 1.807) is 12.1 Å². The van der Waals surface area contributed by atoms with Gasteiger partial charge in [0, 0.05) is 6.42 Å². The Balaban J connectivity index is 2.28. The van der Waals surface area contributed by atoms with Gasteiger partial charge in [-0.3, -0.25) is 4.79 Å². The topological polar surface area (TPSA) is 76.4 Å². The predicted octanol–water partition coefficient (Wildman–Crippen LogP) is 3.85. The van der Waals surface area contributed by atoms with E-state index in [2.05, 4.69) is 6.07 Å². The predicted molar refractivity (Wildman–Crippen MR) is 96.9 cm³/mol. The number of methoxy groups -OCH3 is 2. The van der Waals surface area contributed by atoms with Gasteiger partial charge in [-0.2, -0.15) is 5.26 Å². The second kappa shape index (κ2) is 6.80. The van der Waals surface area contributed by atoms with E-state index in [0.717, 1.165) is 28.3 Å². The average molecular weight is 351 g/mol. The molecule has 0 spiro atoms. The van der Waals surface area contributed by atoms with E-state index < -0.39 is 11.4 Å². The Morgan fingerprint density at radius 1 is 1.23 bits per heavy atom. The van der Waals surface area contributed by atoms with E-state index in [0.29, 0.717) is 18.4 Å². The van der Waals surface area contributed by atoms with Crippen molar-refractivity contribution in [2.45, 2.75) is 37.5 Å². The van der Waals surface area contributed by atoms with Crippen molar-refractivity contribution in [3.8, 4) is 6.07 Å². The normalized spacial score (nSPS) is 21.5. The van der Waals surface area contributed by atoms with Crippen LogP contribution in [0.15, 0.2) is 30.3 Å². The quantitative estimate of drug-likeness (QED) is 0.785. The Labute approximate surface area is 152 Å². The van der Waals surface area contributed by atoms with Crippen molar-refractivity contribution in [1.29, 1.82) is 5.26 Å². The van der Waals surface area contributed by atoms with Crippen LogP contribution in [0.4, 0.5) is 0 Å². The van der Waals surface area contributed by atoms with Gasteiger partial charge in [0.2, 0.25) is 0 Å². The fraction of sp³-hybridized carbons (Fsp3) is 0.381. The lowest BCUT2D eigenvalue weighted by Gasteiger charge is -2.38. The van der Waals surface area contributed by atoms with E-state index >= 15 is 0 Å². The molecule has 0 saturated carbocycles. The van der Waals surface area contributed by atoms with Crippen molar-refractivity contribution < 1.29 is 19.1 Å². The summed E-state index contributed by atoms with van der Waals surface area (Å²) in [5.41, 5.74) is 1.61. The molecule has 0 aliphatic heterocycles. The molecule has 2 aromatic carbocycles. The van der Waals surface area contributed by atoms with Crippen LogP contribution in [0, 0.1) is 11.3 Å². The summed E-state index contributed by atoms with van der Waals surface area (Å²) in [6.45, 7) is 1.90. The molecule has 134 valence electrons. The van der Waals surface area contributed by atoms with E-state index in [1.165, 1.54) is 14.2 Å². The largest absolute Gasteiger partial charge is 0.468 e. The van der Waals surface area contributed by atoms with E-state index in [4.69, 9.17) is 9.47 Å². The SMILES string of the molecule is COC(=O)c1ccc2c3c(ccc2c1)[C@H](CC#N)CC[C@@]3(C)C(=O)OC. The molecule has 0 amide bonds. The van der Waals surface area contributed by atoms with Crippen LogP contribution in [0.3, 0.4) is 0 Å². The first-order valence-electron chi connectivity index (χ1n) is 8.57. The minimum atomic E-state index is -0.775. The number of esters is 2. The molecule has 1 aliphatic rings. The van der Waals surface area contributed by atoms with Crippen LogP contribution in [-0.2, 0) is 19.7 Å². The fourth-order valence-electron chi connectivity index (χ4n) is 4.04. The van der Waals surface area contributed by atoms with Crippen LogP contribution in [0.5, 0.6) is 0 Å². The number of nitriles is 1. The number of fused-ring (bicyclic) bond motifs is 3.